The molecule has 0 atom stereocenters. The maximum Gasteiger partial charge on any atom is 0.162 e. The molecule has 0 unspecified atom stereocenters. The molecule has 0 N–H and O–H groups in total. The van der Waals surface area contributed by atoms with Crippen LogP contribution in [0.3, 0.4) is 0 Å². The molecule has 1 heterocycles. The van der Waals surface area contributed by atoms with Crippen LogP contribution in [0.15, 0.2) is 36.5 Å². The lowest BCUT2D eigenvalue weighted by Crippen LogP contribution is -1.90. The second kappa shape index (κ2) is 3.62. The number of hydrogen-bond donors (Lipinski definition) is 0. The molecule has 1 aromatic heterocycles. The van der Waals surface area contributed by atoms with Gasteiger partial charge in [-0.3, -0.25) is 4.98 Å². The summed E-state index contributed by atoms with van der Waals surface area (Å²) in [7, 11) is 0. The molecule has 0 radical (unpaired) electrons. The molecule has 0 amide bonds. The third-order valence-electron chi connectivity index (χ3n) is 1.82. The number of nitrogens with zero attached hydrogens (tertiary/aromatic N) is 1. The first-order chi connectivity index (χ1) is 6.42. The summed E-state index contributed by atoms with van der Waals surface area (Å²) in [6.45, 7) is 0. The molecule has 0 aliphatic heterocycles. The Hall–Kier alpha value is -1.28. The lowest BCUT2D eigenvalue weighted by Gasteiger charge is -2.04. The highest BCUT2D eigenvalue weighted by Gasteiger charge is 1.99. The molecule has 2 rings (SSSR count). The summed E-state index contributed by atoms with van der Waals surface area (Å²) in [5, 5.41) is 0.991. The van der Waals surface area contributed by atoms with Gasteiger partial charge in [-0.1, -0.05) is 17.7 Å². The zero-order valence-electron chi connectivity index (χ0n) is 6.90. The maximum atomic E-state index is 5.49. The molecule has 1 aromatic carbocycles. The van der Waals surface area contributed by atoms with Crippen LogP contribution in [0.5, 0.6) is 5.75 Å². The Balaban J connectivity index is 2.61. The molecule has 0 spiro atoms. The van der Waals surface area contributed by atoms with E-state index >= 15 is 0 Å². The minimum atomic E-state index is 0.161. The van der Waals surface area contributed by atoms with E-state index in [0.717, 1.165) is 16.7 Å². The van der Waals surface area contributed by atoms with Crippen LogP contribution in [0, 0.1) is 0 Å². The van der Waals surface area contributed by atoms with Gasteiger partial charge in [0.15, 0.2) is 6.07 Å². The van der Waals surface area contributed by atoms with Crippen LogP contribution < -0.4 is 4.74 Å². The normalized spacial score (nSPS) is 10.2. The highest BCUT2D eigenvalue weighted by atomic mass is 35.5. The fourth-order valence-electron chi connectivity index (χ4n) is 1.26. The van der Waals surface area contributed by atoms with E-state index in [1.165, 1.54) is 0 Å². The minimum absolute atomic E-state index is 0.161. The monoisotopic (exact) mass is 193 g/mol. The number of fused-ring (bicyclic) bond motifs is 1. The third kappa shape index (κ3) is 1.58. The van der Waals surface area contributed by atoms with Gasteiger partial charge in [-0.2, -0.15) is 0 Å². The average Bonchev–Trinajstić information content (AvgIpc) is 2.19. The molecule has 3 heteroatoms. The van der Waals surface area contributed by atoms with Crippen molar-refractivity contribution < 1.29 is 4.74 Å². The standard InChI is InChI=1S/C10H8ClNO/c11-7-13-10-5-1-4-9-8(10)3-2-6-12-9/h1-6H,7H2. The van der Waals surface area contributed by atoms with Crippen molar-refractivity contribution in [2.45, 2.75) is 0 Å². The Morgan fingerprint density at radius 1 is 1.23 bits per heavy atom. The topological polar surface area (TPSA) is 22.1 Å². The molecule has 0 fully saturated rings. The van der Waals surface area contributed by atoms with Gasteiger partial charge in [0.05, 0.1) is 5.52 Å². The first kappa shape index (κ1) is 8.32. The van der Waals surface area contributed by atoms with Crippen molar-refractivity contribution in [3.63, 3.8) is 0 Å². The molecule has 0 aliphatic rings. The van der Waals surface area contributed by atoms with Gasteiger partial charge < -0.3 is 4.74 Å². The quantitative estimate of drug-likeness (QED) is 0.685. The SMILES string of the molecule is ClCOc1cccc2ncccc12. The molecule has 0 saturated heterocycles. The Labute approximate surface area is 81.1 Å². The van der Waals surface area contributed by atoms with Crippen molar-refractivity contribution >= 4 is 22.5 Å². The summed E-state index contributed by atoms with van der Waals surface area (Å²) >= 11 is 5.49. The first-order valence-electron chi connectivity index (χ1n) is 3.94. The Morgan fingerprint density at radius 2 is 2.15 bits per heavy atom. The second-order valence-corrected chi connectivity index (χ2v) is 2.80. The van der Waals surface area contributed by atoms with Crippen LogP contribution in [-0.4, -0.2) is 11.1 Å². The smallest absolute Gasteiger partial charge is 0.162 e. The van der Waals surface area contributed by atoms with E-state index in [4.69, 9.17) is 16.3 Å². The number of rotatable bonds is 2. The Bertz CT molecular complexity index is 411. The lowest BCUT2D eigenvalue weighted by atomic mass is 10.2. The summed E-state index contributed by atoms with van der Waals surface area (Å²) in [6, 6.07) is 9.72. The number of ether oxygens (including phenoxy) is 1. The fraction of sp³-hybridized carbons (Fsp3) is 0.100. The van der Waals surface area contributed by atoms with Crippen LogP contribution in [0.25, 0.3) is 10.9 Å². The van der Waals surface area contributed by atoms with Crippen molar-refractivity contribution in [3.05, 3.63) is 36.5 Å². The Kier molecular flexibility index (Phi) is 2.32. The first-order valence-corrected chi connectivity index (χ1v) is 4.48. The maximum absolute atomic E-state index is 5.49. The summed E-state index contributed by atoms with van der Waals surface area (Å²) in [6.07, 6.45) is 1.76. The van der Waals surface area contributed by atoms with Gasteiger partial charge in [0, 0.05) is 11.6 Å². The molecule has 2 aromatic rings. The largest absolute Gasteiger partial charge is 0.477 e. The van der Waals surface area contributed by atoms with E-state index < -0.39 is 0 Å². The molecule has 66 valence electrons. The predicted octanol–water partition coefficient (Wildman–Crippen LogP) is 2.81. The van der Waals surface area contributed by atoms with Crippen molar-refractivity contribution in [1.82, 2.24) is 4.98 Å². The van der Waals surface area contributed by atoms with Crippen molar-refractivity contribution in [3.8, 4) is 5.75 Å². The highest BCUT2D eigenvalue weighted by molar-refractivity contribution is 6.17. The van der Waals surface area contributed by atoms with Crippen LogP contribution in [0.2, 0.25) is 0 Å². The van der Waals surface area contributed by atoms with Crippen molar-refractivity contribution in [2.24, 2.45) is 0 Å². The Morgan fingerprint density at radius 3 is 3.00 bits per heavy atom. The van der Waals surface area contributed by atoms with E-state index in [9.17, 15) is 0 Å². The molecular weight excluding hydrogens is 186 g/mol. The van der Waals surface area contributed by atoms with Crippen LogP contribution >= 0.6 is 11.6 Å². The van der Waals surface area contributed by atoms with E-state index in [2.05, 4.69) is 4.98 Å². The van der Waals surface area contributed by atoms with Crippen molar-refractivity contribution in [2.75, 3.05) is 6.07 Å². The summed E-state index contributed by atoms with van der Waals surface area (Å²) in [4.78, 5) is 4.20. The van der Waals surface area contributed by atoms with Gasteiger partial charge >= 0.3 is 0 Å². The summed E-state index contributed by atoms with van der Waals surface area (Å²) in [5.74, 6) is 0.778. The molecule has 2 nitrogen and oxygen atoms in total. The number of benzene rings is 1. The predicted molar refractivity (Wildman–Crippen MR) is 53.1 cm³/mol. The van der Waals surface area contributed by atoms with Crippen LogP contribution in [-0.2, 0) is 0 Å². The highest BCUT2D eigenvalue weighted by Crippen LogP contribution is 2.23. The number of hydrogen-bond acceptors (Lipinski definition) is 2. The number of alkyl halides is 1. The average molecular weight is 194 g/mol. The van der Waals surface area contributed by atoms with Gasteiger partial charge in [0.1, 0.15) is 5.75 Å². The summed E-state index contributed by atoms with van der Waals surface area (Å²) in [5.41, 5.74) is 0.921. The van der Waals surface area contributed by atoms with E-state index in [0.29, 0.717) is 0 Å². The second-order valence-electron chi connectivity index (χ2n) is 2.58. The fourth-order valence-corrected chi connectivity index (χ4v) is 1.38. The molecular formula is C10H8ClNO. The third-order valence-corrected chi connectivity index (χ3v) is 1.92. The van der Waals surface area contributed by atoms with Crippen LogP contribution in [0.4, 0.5) is 0 Å². The number of pyridine rings is 1. The van der Waals surface area contributed by atoms with E-state index in [-0.39, 0.29) is 6.07 Å². The number of halogens is 1. The van der Waals surface area contributed by atoms with Crippen LogP contribution in [0.1, 0.15) is 0 Å². The molecule has 0 saturated carbocycles. The minimum Gasteiger partial charge on any atom is -0.477 e. The zero-order chi connectivity index (χ0) is 9.10. The van der Waals surface area contributed by atoms with E-state index in [1.54, 1.807) is 6.20 Å². The van der Waals surface area contributed by atoms with E-state index in [1.807, 2.05) is 30.3 Å². The van der Waals surface area contributed by atoms with Gasteiger partial charge in [0.2, 0.25) is 0 Å². The summed E-state index contributed by atoms with van der Waals surface area (Å²) < 4.78 is 5.24. The lowest BCUT2D eigenvalue weighted by molar-refractivity contribution is 0.392. The number of aromatic nitrogens is 1. The van der Waals surface area contributed by atoms with Crippen molar-refractivity contribution in [1.29, 1.82) is 0 Å². The molecule has 13 heavy (non-hydrogen) atoms. The molecule has 0 bridgehead atoms. The van der Waals surface area contributed by atoms with Gasteiger partial charge in [0.25, 0.3) is 0 Å². The molecule has 0 aliphatic carbocycles. The van der Waals surface area contributed by atoms with Gasteiger partial charge in [-0.15, -0.1) is 0 Å². The van der Waals surface area contributed by atoms with Gasteiger partial charge in [-0.25, -0.2) is 0 Å². The van der Waals surface area contributed by atoms with Gasteiger partial charge in [-0.05, 0) is 24.3 Å². The zero-order valence-corrected chi connectivity index (χ0v) is 7.66.